The maximum absolute atomic E-state index is 5.91. The number of hydrogen-bond donors (Lipinski definition) is 1. The van der Waals surface area contributed by atoms with Gasteiger partial charge in [-0.2, -0.15) is 0 Å². The summed E-state index contributed by atoms with van der Waals surface area (Å²) in [4.78, 5) is 7.23. The quantitative estimate of drug-likeness (QED) is 0.909. The van der Waals surface area contributed by atoms with E-state index in [4.69, 9.17) is 10.7 Å². The molecule has 2 heterocycles. The van der Waals surface area contributed by atoms with Gasteiger partial charge in [0.1, 0.15) is 5.82 Å². The standard InChI is InChI=1S/C17H23N3/c1-17(2)7-9-20(10-8-17)16-11-13(12-18)14-5-3-4-6-15(14)19-16/h3-6,11H,7-10,12,18H2,1-2H3. The average molecular weight is 269 g/mol. The summed E-state index contributed by atoms with van der Waals surface area (Å²) in [6.07, 6.45) is 2.44. The molecule has 1 aliphatic heterocycles. The second kappa shape index (κ2) is 5.06. The van der Waals surface area contributed by atoms with Crippen molar-refractivity contribution < 1.29 is 0 Å². The van der Waals surface area contributed by atoms with Crippen molar-refractivity contribution in [3.63, 3.8) is 0 Å². The molecule has 2 aromatic rings. The average Bonchev–Trinajstić information content (AvgIpc) is 2.46. The molecule has 1 fully saturated rings. The lowest BCUT2D eigenvalue weighted by Crippen LogP contribution is -2.37. The number of rotatable bonds is 2. The van der Waals surface area contributed by atoms with Crippen molar-refractivity contribution >= 4 is 16.7 Å². The smallest absolute Gasteiger partial charge is 0.129 e. The minimum absolute atomic E-state index is 0.462. The highest BCUT2D eigenvalue weighted by atomic mass is 15.2. The molecule has 0 radical (unpaired) electrons. The number of benzene rings is 1. The number of piperidine rings is 1. The molecule has 3 nitrogen and oxygen atoms in total. The monoisotopic (exact) mass is 269 g/mol. The molecule has 106 valence electrons. The van der Waals surface area contributed by atoms with E-state index in [1.807, 2.05) is 12.1 Å². The van der Waals surface area contributed by atoms with Crippen molar-refractivity contribution in [1.29, 1.82) is 0 Å². The summed E-state index contributed by atoms with van der Waals surface area (Å²) in [6, 6.07) is 10.4. The molecule has 1 aromatic heterocycles. The van der Waals surface area contributed by atoms with Crippen LogP contribution in [0.3, 0.4) is 0 Å². The minimum atomic E-state index is 0.462. The van der Waals surface area contributed by atoms with Gasteiger partial charge in [0, 0.05) is 25.0 Å². The van der Waals surface area contributed by atoms with Crippen LogP contribution in [0.5, 0.6) is 0 Å². The third-order valence-electron chi connectivity index (χ3n) is 4.45. The predicted octanol–water partition coefficient (Wildman–Crippen LogP) is 3.32. The summed E-state index contributed by atoms with van der Waals surface area (Å²) in [5.41, 5.74) is 8.61. The number of para-hydroxylation sites is 1. The number of aromatic nitrogens is 1. The number of pyridine rings is 1. The predicted molar refractivity (Wildman–Crippen MR) is 84.9 cm³/mol. The summed E-state index contributed by atoms with van der Waals surface area (Å²) < 4.78 is 0. The Bertz CT molecular complexity index is 609. The van der Waals surface area contributed by atoms with Gasteiger partial charge in [-0.05, 0) is 36.0 Å². The Kier molecular flexibility index (Phi) is 3.38. The second-order valence-electron chi connectivity index (χ2n) is 6.51. The lowest BCUT2D eigenvalue weighted by atomic mass is 9.83. The van der Waals surface area contributed by atoms with Crippen molar-refractivity contribution in [3.8, 4) is 0 Å². The van der Waals surface area contributed by atoms with Crippen LogP contribution in [-0.4, -0.2) is 18.1 Å². The summed E-state index contributed by atoms with van der Waals surface area (Å²) in [7, 11) is 0. The molecule has 1 saturated heterocycles. The van der Waals surface area contributed by atoms with Gasteiger partial charge in [-0.25, -0.2) is 4.98 Å². The van der Waals surface area contributed by atoms with Crippen molar-refractivity contribution in [3.05, 3.63) is 35.9 Å². The van der Waals surface area contributed by atoms with Crippen molar-refractivity contribution in [2.45, 2.75) is 33.2 Å². The highest BCUT2D eigenvalue weighted by Gasteiger charge is 2.26. The Balaban J connectivity index is 1.96. The zero-order chi connectivity index (χ0) is 14.2. The third kappa shape index (κ3) is 2.50. The van der Waals surface area contributed by atoms with E-state index >= 15 is 0 Å². The number of nitrogens with zero attached hydrogens (tertiary/aromatic N) is 2. The molecule has 20 heavy (non-hydrogen) atoms. The first-order chi connectivity index (χ1) is 9.59. The van der Waals surface area contributed by atoms with Gasteiger partial charge in [-0.15, -0.1) is 0 Å². The van der Waals surface area contributed by atoms with Gasteiger partial charge in [-0.1, -0.05) is 32.0 Å². The van der Waals surface area contributed by atoms with E-state index in [1.165, 1.54) is 23.8 Å². The van der Waals surface area contributed by atoms with Crippen LogP contribution in [-0.2, 0) is 6.54 Å². The van der Waals surface area contributed by atoms with Crippen molar-refractivity contribution in [2.24, 2.45) is 11.1 Å². The molecule has 0 unspecified atom stereocenters. The molecular formula is C17H23N3. The zero-order valence-electron chi connectivity index (χ0n) is 12.4. The van der Waals surface area contributed by atoms with Crippen LogP contribution in [0.25, 0.3) is 10.9 Å². The molecule has 0 atom stereocenters. The lowest BCUT2D eigenvalue weighted by molar-refractivity contribution is 0.279. The highest BCUT2D eigenvalue weighted by Crippen LogP contribution is 2.32. The van der Waals surface area contributed by atoms with Gasteiger partial charge >= 0.3 is 0 Å². The molecule has 0 bridgehead atoms. The Labute approximate surface area is 120 Å². The Morgan fingerprint density at radius 3 is 2.60 bits per heavy atom. The topological polar surface area (TPSA) is 42.1 Å². The Morgan fingerprint density at radius 1 is 1.20 bits per heavy atom. The molecule has 3 rings (SSSR count). The Morgan fingerprint density at radius 2 is 1.90 bits per heavy atom. The van der Waals surface area contributed by atoms with Crippen LogP contribution in [0.2, 0.25) is 0 Å². The fourth-order valence-electron chi connectivity index (χ4n) is 2.90. The van der Waals surface area contributed by atoms with E-state index in [0.29, 0.717) is 12.0 Å². The first-order valence-electron chi connectivity index (χ1n) is 7.43. The van der Waals surface area contributed by atoms with E-state index in [-0.39, 0.29) is 0 Å². The minimum Gasteiger partial charge on any atom is -0.357 e. The van der Waals surface area contributed by atoms with Crippen molar-refractivity contribution in [2.75, 3.05) is 18.0 Å². The van der Waals surface area contributed by atoms with Crippen LogP contribution >= 0.6 is 0 Å². The number of nitrogens with two attached hydrogens (primary N) is 1. The number of hydrogen-bond acceptors (Lipinski definition) is 3. The normalized spacial score (nSPS) is 18.4. The number of fused-ring (bicyclic) bond motifs is 1. The van der Waals surface area contributed by atoms with Crippen molar-refractivity contribution in [1.82, 2.24) is 4.98 Å². The van der Waals surface area contributed by atoms with E-state index in [0.717, 1.165) is 24.4 Å². The fourth-order valence-corrected chi connectivity index (χ4v) is 2.90. The summed E-state index contributed by atoms with van der Waals surface area (Å²) >= 11 is 0. The first kappa shape index (κ1) is 13.4. The van der Waals surface area contributed by atoms with E-state index in [1.54, 1.807) is 0 Å². The summed E-state index contributed by atoms with van der Waals surface area (Å²) in [6.45, 7) is 7.44. The van der Waals surface area contributed by atoms with Gasteiger partial charge in [-0.3, -0.25) is 0 Å². The lowest BCUT2D eigenvalue weighted by Gasteiger charge is -2.37. The van der Waals surface area contributed by atoms with Gasteiger partial charge < -0.3 is 10.6 Å². The van der Waals surface area contributed by atoms with E-state index < -0.39 is 0 Å². The van der Waals surface area contributed by atoms with Gasteiger partial charge in [0.2, 0.25) is 0 Å². The SMILES string of the molecule is CC1(C)CCN(c2cc(CN)c3ccccc3n2)CC1. The summed E-state index contributed by atoms with van der Waals surface area (Å²) in [5.74, 6) is 1.08. The maximum Gasteiger partial charge on any atom is 0.129 e. The molecule has 3 heteroatoms. The van der Waals surface area contributed by atoms with Crippen LogP contribution in [0.4, 0.5) is 5.82 Å². The largest absolute Gasteiger partial charge is 0.357 e. The fraction of sp³-hybridized carbons (Fsp3) is 0.471. The number of anilines is 1. The molecule has 0 saturated carbocycles. The zero-order valence-corrected chi connectivity index (χ0v) is 12.4. The molecule has 1 aromatic carbocycles. The first-order valence-corrected chi connectivity index (χ1v) is 7.43. The summed E-state index contributed by atoms with van der Waals surface area (Å²) in [5, 5.41) is 1.18. The highest BCUT2D eigenvalue weighted by molar-refractivity contribution is 5.84. The molecule has 2 N–H and O–H groups in total. The van der Waals surface area contributed by atoms with Crippen LogP contribution in [0, 0.1) is 5.41 Å². The Hall–Kier alpha value is -1.61. The molecule has 0 aliphatic carbocycles. The van der Waals surface area contributed by atoms with Gasteiger partial charge in [0.05, 0.1) is 5.52 Å². The van der Waals surface area contributed by atoms with Crippen LogP contribution in [0.1, 0.15) is 32.3 Å². The second-order valence-corrected chi connectivity index (χ2v) is 6.51. The molecule has 1 aliphatic rings. The van der Waals surface area contributed by atoms with E-state index in [2.05, 4.69) is 36.9 Å². The van der Waals surface area contributed by atoms with Gasteiger partial charge in [0.25, 0.3) is 0 Å². The maximum atomic E-state index is 5.91. The molecular weight excluding hydrogens is 246 g/mol. The third-order valence-corrected chi connectivity index (χ3v) is 4.45. The molecule has 0 spiro atoms. The molecule has 0 amide bonds. The van der Waals surface area contributed by atoms with E-state index in [9.17, 15) is 0 Å². The van der Waals surface area contributed by atoms with Gasteiger partial charge in [0.15, 0.2) is 0 Å². The van der Waals surface area contributed by atoms with Crippen LogP contribution in [0.15, 0.2) is 30.3 Å². The van der Waals surface area contributed by atoms with Crippen LogP contribution < -0.4 is 10.6 Å².